The van der Waals surface area contributed by atoms with Gasteiger partial charge in [0.1, 0.15) is 5.76 Å². The van der Waals surface area contributed by atoms with Crippen molar-refractivity contribution in [2.24, 2.45) is 0 Å². The molecule has 8 rings (SSSR count). The predicted molar refractivity (Wildman–Crippen MR) is 165 cm³/mol. The van der Waals surface area contributed by atoms with E-state index in [4.69, 9.17) is 4.42 Å². The van der Waals surface area contributed by atoms with E-state index in [9.17, 15) is 0 Å². The Labute approximate surface area is 225 Å². The average Bonchev–Trinajstić information content (AvgIpc) is 3.65. The Balaban J connectivity index is 1.80. The van der Waals surface area contributed by atoms with Gasteiger partial charge in [0.25, 0.3) is 0 Å². The van der Waals surface area contributed by atoms with Crippen LogP contribution >= 0.6 is 0 Å². The number of nitrogens with zero attached hydrogens (tertiary/aromatic N) is 2. The minimum absolute atomic E-state index is 0.732. The van der Waals surface area contributed by atoms with E-state index in [0.717, 1.165) is 61.1 Å². The molecule has 0 amide bonds. The molecular formula is C36H24N2O. The monoisotopic (exact) mass is 500 g/mol. The van der Waals surface area contributed by atoms with E-state index in [1.165, 1.54) is 16.2 Å². The molecule has 3 aromatic heterocycles. The van der Waals surface area contributed by atoms with Gasteiger partial charge in [-0.2, -0.15) is 0 Å². The fourth-order valence-electron chi connectivity index (χ4n) is 6.35. The van der Waals surface area contributed by atoms with Gasteiger partial charge in [-0.25, -0.2) is 0 Å². The normalized spacial score (nSPS) is 11.8. The van der Waals surface area contributed by atoms with Crippen molar-refractivity contribution >= 4 is 66.7 Å². The maximum absolute atomic E-state index is 6.70. The van der Waals surface area contributed by atoms with Crippen LogP contribution < -0.4 is 0 Å². The first-order valence-electron chi connectivity index (χ1n) is 13.1. The molecule has 0 radical (unpaired) electrons. The van der Waals surface area contributed by atoms with Gasteiger partial charge in [0.15, 0.2) is 5.58 Å². The van der Waals surface area contributed by atoms with Gasteiger partial charge in [-0.15, -0.1) is 0 Å². The highest BCUT2D eigenvalue weighted by atomic mass is 16.3. The zero-order chi connectivity index (χ0) is 26.1. The van der Waals surface area contributed by atoms with Crippen LogP contribution in [0.4, 0.5) is 0 Å². The van der Waals surface area contributed by atoms with Crippen molar-refractivity contribution in [3.8, 4) is 11.4 Å². The molecule has 0 bridgehead atoms. The van der Waals surface area contributed by atoms with Crippen LogP contribution in [0, 0.1) is 0 Å². The van der Waals surface area contributed by atoms with Gasteiger partial charge < -0.3 is 13.6 Å². The van der Waals surface area contributed by atoms with E-state index in [1.54, 1.807) is 6.08 Å². The lowest BCUT2D eigenvalue weighted by atomic mass is 10.00. The molecule has 0 unspecified atom stereocenters. The second kappa shape index (κ2) is 8.11. The minimum Gasteiger partial charge on any atom is -0.454 e. The quantitative estimate of drug-likeness (QED) is 0.236. The Bertz CT molecular complexity index is 2240. The highest BCUT2D eigenvalue weighted by Crippen LogP contribution is 2.49. The third-order valence-corrected chi connectivity index (χ3v) is 7.84. The van der Waals surface area contributed by atoms with Crippen LogP contribution in [-0.4, -0.2) is 9.13 Å². The molecule has 0 spiro atoms. The number of aromatic nitrogens is 2. The third-order valence-electron chi connectivity index (χ3n) is 7.84. The van der Waals surface area contributed by atoms with Crippen molar-refractivity contribution in [2.45, 2.75) is 0 Å². The van der Waals surface area contributed by atoms with Crippen LogP contribution in [0.1, 0.15) is 11.3 Å². The van der Waals surface area contributed by atoms with Crippen LogP contribution in [0.15, 0.2) is 127 Å². The Morgan fingerprint density at radius 2 is 1.03 bits per heavy atom. The van der Waals surface area contributed by atoms with Crippen LogP contribution in [0.25, 0.3) is 78.1 Å². The molecular weight excluding hydrogens is 476 g/mol. The summed E-state index contributed by atoms with van der Waals surface area (Å²) in [5, 5.41) is 5.75. The van der Waals surface area contributed by atoms with Crippen molar-refractivity contribution in [1.29, 1.82) is 0 Å². The summed E-state index contributed by atoms with van der Waals surface area (Å²) in [5.41, 5.74) is 8.51. The minimum atomic E-state index is 0.732. The number of fused-ring (bicyclic) bond motifs is 10. The molecule has 0 aliphatic rings. The second-order valence-corrected chi connectivity index (χ2v) is 9.82. The molecule has 3 nitrogen and oxygen atoms in total. The van der Waals surface area contributed by atoms with Gasteiger partial charge in [0.05, 0.1) is 22.1 Å². The highest BCUT2D eigenvalue weighted by molar-refractivity contribution is 6.37. The fraction of sp³-hybridized carbons (Fsp3) is 0. The van der Waals surface area contributed by atoms with Crippen molar-refractivity contribution in [3.63, 3.8) is 0 Å². The maximum Gasteiger partial charge on any atom is 0.160 e. The molecule has 0 aliphatic carbocycles. The topological polar surface area (TPSA) is 23.0 Å². The summed E-state index contributed by atoms with van der Waals surface area (Å²) in [6.45, 7) is 8.28. The number of hydrogen-bond donors (Lipinski definition) is 0. The lowest BCUT2D eigenvalue weighted by Crippen LogP contribution is -1.95. The lowest BCUT2D eigenvalue weighted by molar-refractivity contribution is 0.605. The van der Waals surface area contributed by atoms with Crippen LogP contribution in [-0.2, 0) is 0 Å². The number of para-hydroxylation sites is 4. The molecule has 0 saturated carbocycles. The Kier molecular flexibility index (Phi) is 4.53. The van der Waals surface area contributed by atoms with Crippen molar-refractivity contribution in [3.05, 3.63) is 134 Å². The van der Waals surface area contributed by atoms with Crippen molar-refractivity contribution in [2.75, 3.05) is 0 Å². The van der Waals surface area contributed by atoms with Crippen molar-refractivity contribution in [1.82, 2.24) is 9.13 Å². The summed E-state index contributed by atoms with van der Waals surface area (Å²) in [4.78, 5) is 0. The van der Waals surface area contributed by atoms with Crippen LogP contribution in [0.3, 0.4) is 0 Å². The van der Waals surface area contributed by atoms with Gasteiger partial charge in [-0.1, -0.05) is 92.0 Å². The van der Waals surface area contributed by atoms with Gasteiger partial charge >= 0.3 is 0 Å². The van der Waals surface area contributed by atoms with Gasteiger partial charge in [0, 0.05) is 43.9 Å². The number of benzene rings is 5. The molecule has 39 heavy (non-hydrogen) atoms. The molecule has 0 atom stereocenters. The number of hydrogen-bond acceptors (Lipinski definition) is 1. The Morgan fingerprint density at radius 3 is 1.59 bits per heavy atom. The molecule has 5 aromatic carbocycles. The first kappa shape index (κ1) is 21.8. The second-order valence-electron chi connectivity index (χ2n) is 9.82. The number of rotatable bonds is 4. The summed E-state index contributed by atoms with van der Waals surface area (Å²) in [6.07, 6.45) is 3.69. The molecule has 3 heterocycles. The number of furan rings is 1. The Morgan fingerprint density at radius 1 is 0.513 bits per heavy atom. The predicted octanol–water partition coefficient (Wildman–Crippen LogP) is 9.91. The largest absolute Gasteiger partial charge is 0.454 e. The molecule has 8 aromatic rings. The summed E-state index contributed by atoms with van der Waals surface area (Å²) >= 11 is 0. The van der Waals surface area contributed by atoms with Crippen LogP contribution in [0.5, 0.6) is 0 Å². The summed E-state index contributed by atoms with van der Waals surface area (Å²) < 4.78 is 11.4. The van der Waals surface area contributed by atoms with Gasteiger partial charge in [-0.3, -0.25) is 0 Å². The molecule has 3 heteroatoms. The van der Waals surface area contributed by atoms with E-state index in [-0.39, 0.29) is 0 Å². The zero-order valence-electron chi connectivity index (χ0n) is 21.3. The molecule has 0 N–H and O–H groups in total. The van der Waals surface area contributed by atoms with Gasteiger partial charge in [-0.05, 0) is 42.5 Å². The molecule has 0 saturated heterocycles. The van der Waals surface area contributed by atoms with E-state index in [0.29, 0.717) is 0 Å². The first-order valence-corrected chi connectivity index (χ1v) is 13.1. The van der Waals surface area contributed by atoms with Crippen molar-refractivity contribution < 1.29 is 4.42 Å². The third kappa shape index (κ3) is 2.82. The molecule has 184 valence electrons. The first-order chi connectivity index (χ1) is 19.3. The van der Waals surface area contributed by atoms with E-state index < -0.39 is 0 Å². The standard InChI is InChI=1S/C36H24N2O/c1-3-25-30(4-2)39-36-32(25)31-26-19-11-13-21-28(26)37(23-15-7-5-8-16-23)34(31)33-27-20-12-14-22-29(27)38(35(33)36)24-17-9-6-10-18-24/h3-22H,1-2H2. The van der Waals surface area contributed by atoms with Crippen LogP contribution in [0.2, 0.25) is 0 Å². The molecule has 0 aliphatic heterocycles. The summed E-state index contributed by atoms with van der Waals surface area (Å²) in [7, 11) is 0. The average molecular weight is 501 g/mol. The smallest absolute Gasteiger partial charge is 0.160 e. The summed E-state index contributed by atoms with van der Waals surface area (Å²) in [5.74, 6) is 0.732. The van der Waals surface area contributed by atoms with E-state index in [2.05, 4.69) is 131 Å². The highest BCUT2D eigenvalue weighted by Gasteiger charge is 2.28. The lowest BCUT2D eigenvalue weighted by Gasteiger charge is -2.11. The Hall–Kier alpha value is -5.28. The maximum atomic E-state index is 6.70. The van der Waals surface area contributed by atoms with E-state index >= 15 is 0 Å². The van der Waals surface area contributed by atoms with Gasteiger partial charge in [0.2, 0.25) is 0 Å². The fourth-order valence-corrected chi connectivity index (χ4v) is 6.35. The van der Waals surface area contributed by atoms with E-state index in [1.807, 2.05) is 6.08 Å². The summed E-state index contributed by atoms with van der Waals surface area (Å²) in [6, 6.07) is 38.4. The molecule has 0 fully saturated rings. The SMILES string of the molecule is C=Cc1oc2c(c1C=C)c1c3ccccc3n(-c3ccccc3)c1c1c3ccccc3n(-c3ccccc3)c21. The zero-order valence-corrected chi connectivity index (χ0v) is 21.3.